The van der Waals surface area contributed by atoms with Gasteiger partial charge in [-0.05, 0) is 0 Å². The smallest absolute Gasteiger partial charge is 0.308 e. The van der Waals surface area contributed by atoms with Crippen LogP contribution in [0.2, 0.25) is 0 Å². The van der Waals surface area contributed by atoms with E-state index in [0.717, 1.165) is 6.07 Å². The molecule has 1 aromatic heterocycles. The van der Waals surface area contributed by atoms with E-state index in [2.05, 4.69) is 0 Å². The minimum Gasteiger partial charge on any atom is -0.308 e. The van der Waals surface area contributed by atoms with Gasteiger partial charge in [-0.3, -0.25) is 0 Å². The van der Waals surface area contributed by atoms with E-state index in [1.807, 2.05) is 0 Å². The molecule has 0 aliphatic heterocycles. The van der Waals surface area contributed by atoms with Crippen molar-refractivity contribution in [2.45, 2.75) is 53.1 Å². The van der Waals surface area contributed by atoms with Crippen molar-refractivity contribution in [1.29, 1.82) is 0 Å². The van der Waals surface area contributed by atoms with E-state index in [9.17, 15) is 96.2 Å². The standard InChI is InChI=1S/C15H7F18NO4S2/c16-8(17,12(24,25)26)10(20,21)14(30,31)39(35,36)7(6-34-4-2-1-3-5-34)40(37,38)15(32,33)11(22,23)9(18,19)13(27,28)29/h1-5H,6H2/p+1. The lowest BCUT2D eigenvalue weighted by Gasteiger charge is -2.35. The van der Waals surface area contributed by atoms with Gasteiger partial charge < -0.3 is 4.55 Å². The average Bonchev–Trinajstić information content (AvgIpc) is 2.75. The summed E-state index contributed by atoms with van der Waals surface area (Å²) in [4.78, 5) is 0. The molecule has 1 heterocycles. The minimum atomic E-state index is -8.71. The summed E-state index contributed by atoms with van der Waals surface area (Å²) >= 11 is 0. The lowest BCUT2D eigenvalue weighted by Crippen LogP contribution is -2.67. The maximum atomic E-state index is 14.3. The van der Waals surface area contributed by atoms with E-state index >= 15 is 0 Å². The fraction of sp³-hybridized carbons (Fsp3) is 0.600. The maximum Gasteiger partial charge on any atom is 0.460 e. The van der Waals surface area contributed by atoms with Gasteiger partial charge in [-0.25, -0.2) is 12.6 Å². The van der Waals surface area contributed by atoms with Crippen molar-refractivity contribution in [1.82, 2.24) is 0 Å². The largest absolute Gasteiger partial charge is 0.460 e. The fourth-order valence-electron chi connectivity index (χ4n) is 2.36. The van der Waals surface area contributed by atoms with Crippen molar-refractivity contribution >= 4 is 23.8 Å². The molecule has 0 spiro atoms. The van der Waals surface area contributed by atoms with Crippen molar-refractivity contribution in [3.63, 3.8) is 0 Å². The van der Waals surface area contributed by atoms with Crippen LogP contribution in [0.5, 0.6) is 0 Å². The Labute approximate surface area is 209 Å². The summed E-state index contributed by atoms with van der Waals surface area (Å²) in [6.07, 6.45) is -15.1. The fourth-order valence-corrected chi connectivity index (χ4v) is 6.33. The number of alkyl halides is 18. The molecule has 0 saturated heterocycles. The first-order valence-corrected chi connectivity index (χ1v) is 11.9. The summed E-state index contributed by atoms with van der Waals surface area (Å²) in [5.74, 6) is -32.9. The number of hydrogen-bond donors (Lipinski definition) is 1. The van der Waals surface area contributed by atoms with Crippen LogP contribution in [-0.4, -0.2) is 67.9 Å². The molecule has 1 rings (SSSR count). The molecule has 0 fully saturated rings. The average molecular weight is 672 g/mol. The topological polar surface area (TPSA) is 75.3 Å². The molecule has 40 heavy (non-hydrogen) atoms. The normalized spacial score (nSPS) is 17.0. The number of pyridine rings is 1. The van der Waals surface area contributed by atoms with Crippen LogP contribution >= 0.6 is 0 Å². The third-order valence-electron chi connectivity index (χ3n) is 4.61. The number of sulfone groups is 1. The summed E-state index contributed by atoms with van der Waals surface area (Å²) in [5, 5.41) is -16.2. The van der Waals surface area contributed by atoms with Crippen LogP contribution in [0.25, 0.3) is 0 Å². The molecule has 1 atom stereocenters. The van der Waals surface area contributed by atoms with Gasteiger partial charge in [0.05, 0.1) is 0 Å². The predicted octanol–water partition coefficient (Wildman–Crippen LogP) is 5.13. The number of nitrogens with zero attached hydrogens (tertiary/aromatic N) is 1. The van der Waals surface area contributed by atoms with Crippen molar-refractivity contribution in [2.24, 2.45) is 0 Å². The Hall–Kier alpha value is -2.18. The number of rotatable bonds is 8. The Balaban J connectivity index is 4.32. The van der Waals surface area contributed by atoms with Crippen LogP contribution in [0.15, 0.2) is 30.6 Å². The van der Waals surface area contributed by atoms with Crippen LogP contribution in [-0.2, 0) is 26.2 Å². The Bertz CT molecular complexity index is 1320. The number of hydrogen-bond acceptors (Lipinski definition) is 3. The van der Waals surface area contributed by atoms with Gasteiger partial charge in [0.25, 0.3) is 9.84 Å². The Morgan fingerprint density at radius 1 is 0.550 bits per heavy atom. The van der Waals surface area contributed by atoms with Gasteiger partial charge in [0, 0.05) is 12.1 Å². The predicted molar refractivity (Wildman–Crippen MR) is 93.1 cm³/mol. The molecule has 0 aromatic carbocycles. The second kappa shape index (κ2) is 9.69. The van der Waals surface area contributed by atoms with Crippen LogP contribution < -0.4 is 4.57 Å². The van der Waals surface area contributed by atoms with Gasteiger partial charge in [-0.1, -0.05) is 6.07 Å². The summed E-state index contributed by atoms with van der Waals surface area (Å²) in [7, 11) is -17.2. The van der Waals surface area contributed by atoms with Gasteiger partial charge in [-0.15, -0.1) is 0 Å². The first kappa shape index (κ1) is 35.8. The monoisotopic (exact) mass is 672 g/mol. The minimum absolute atomic E-state index is 0.228. The highest BCUT2D eigenvalue weighted by Gasteiger charge is 2.88. The molecule has 0 radical (unpaired) electrons. The first-order chi connectivity index (χ1) is 17.2. The molecule has 234 valence electrons. The van der Waals surface area contributed by atoms with Crippen LogP contribution in [0.3, 0.4) is 0 Å². The van der Waals surface area contributed by atoms with E-state index in [1.165, 1.54) is 0 Å². The molecule has 25 heteroatoms. The highest BCUT2D eigenvalue weighted by molar-refractivity contribution is 8.22. The van der Waals surface area contributed by atoms with Crippen molar-refractivity contribution in [2.75, 3.05) is 0 Å². The van der Waals surface area contributed by atoms with Gasteiger partial charge in [-0.2, -0.15) is 83.6 Å². The molecular weight excluding hydrogens is 664 g/mol. The molecule has 0 bridgehead atoms. The van der Waals surface area contributed by atoms with Gasteiger partial charge in [0.1, 0.15) is 0 Å². The third-order valence-corrected chi connectivity index (χ3v) is 9.31. The molecule has 0 aliphatic rings. The van der Waals surface area contributed by atoms with Crippen LogP contribution in [0.1, 0.15) is 0 Å². The summed E-state index contributed by atoms with van der Waals surface area (Å²) in [6, 6.07) is 2.05. The van der Waals surface area contributed by atoms with E-state index < -0.39 is 76.9 Å². The zero-order valence-corrected chi connectivity index (χ0v) is 19.5. The first-order valence-electron chi connectivity index (χ1n) is 8.92. The second-order valence-electron chi connectivity index (χ2n) is 7.28. The molecule has 1 aromatic rings. The highest BCUT2D eigenvalue weighted by Crippen LogP contribution is 2.57. The lowest BCUT2D eigenvalue weighted by molar-refractivity contribution is -0.681. The van der Waals surface area contributed by atoms with Gasteiger partial charge >= 0.3 is 46.6 Å². The summed E-state index contributed by atoms with van der Waals surface area (Å²) < 4.78 is 280. The molecule has 1 N–H and O–H groups in total. The third kappa shape index (κ3) is 4.93. The number of aromatic nitrogens is 1. The van der Waals surface area contributed by atoms with Gasteiger partial charge in [0.15, 0.2) is 32.9 Å². The van der Waals surface area contributed by atoms with E-state index in [-0.39, 0.29) is 17.0 Å². The van der Waals surface area contributed by atoms with E-state index in [1.54, 1.807) is 0 Å². The summed E-state index contributed by atoms with van der Waals surface area (Å²) in [6.45, 7) is -2.87. The highest BCUT2D eigenvalue weighted by atomic mass is 32.3. The van der Waals surface area contributed by atoms with E-state index in [0.29, 0.717) is 12.1 Å². The van der Waals surface area contributed by atoms with Crippen LogP contribution in [0.4, 0.5) is 79.0 Å². The molecule has 0 aliphatic carbocycles. The molecule has 0 amide bonds. The molecule has 1 unspecified atom stereocenters. The SMILES string of the molecule is O=S(=O)(C(C[n+]1ccccc1)=S(=O)(O)C(F)(F)C(F)(F)C(F)(F)C(F)(F)F)C(F)(F)C(F)(F)C(F)(F)C(F)(F)F. The molecule has 5 nitrogen and oxygen atoms in total. The maximum absolute atomic E-state index is 14.3. The molecule has 0 saturated carbocycles. The quantitative estimate of drug-likeness (QED) is 0.236. The van der Waals surface area contributed by atoms with Gasteiger partial charge in [0.2, 0.25) is 0 Å². The van der Waals surface area contributed by atoms with Crippen molar-refractivity contribution in [3.8, 4) is 0 Å². The van der Waals surface area contributed by atoms with Crippen molar-refractivity contribution < 1.29 is 101 Å². The zero-order chi connectivity index (χ0) is 32.4. The molecular formula is C15H8F18NO4S2+. The second-order valence-corrected chi connectivity index (χ2v) is 11.6. The van der Waals surface area contributed by atoms with Crippen LogP contribution in [0, 0.1) is 0 Å². The lowest BCUT2D eigenvalue weighted by atomic mass is 10.1. The van der Waals surface area contributed by atoms with Crippen molar-refractivity contribution in [3.05, 3.63) is 30.6 Å². The number of halogens is 18. The Morgan fingerprint density at radius 3 is 1.20 bits per heavy atom. The van der Waals surface area contributed by atoms with E-state index in [4.69, 9.17) is 0 Å². The Kier molecular flexibility index (Phi) is 8.68. The zero-order valence-electron chi connectivity index (χ0n) is 17.8. The summed E-state index contributed by atoms with van der Waals surface area (Å²) in [5.41, 5.74) is 0. The Morgan fingerprint density at radius 2 is 0.875 bits per heavy atom.